The third kappa shape index (κ3) is 4.84. The summed E-state index contributed by atoms with van der Waals surface area (Å²) in [5, 5.41) is 0. The minimum absolute atomic E-state index is 0.219. The number of hydrogen-bond acceptors (Lipinski definition) is 8. The van der Waals surface area contributed by atoms with E-state index in [1.54, 1.807) is 7.11 Å². The Morgan fingerprint density at radius 3 is 2.11 bits per heavy atom. The van der Waals surface area contributed by atoms with Crippen molar-refractivity contribution in [1.82, 2.24) is 15.0 Å². The standard InChI is InChI=1S/C11H21N5O3/c1-17-8-7-16(6-4-5-12)9-13-10(18-2)15-11(14-9)19-3/h4-8,12H2,1-3H3. The zero-order chi connectivity index (χ0) is 14.1. The summed E-state index contributed by atoms with van der Waals surface area (Å²) >= 11 is 0. The number of hydrogen-bond donors (Lipinski definition) is 1. The Morgan fingerprint density at radius 2 is 1.63 bits per heavy atom. The lowest BCUT2D eigenvalue weighted by Gasteiger charge is -2.22. The molecule has 0 amide bonds. The molecule has 0 spiro atoms. The van der Waals surface area contributed by atoms with E-state index in [0.717, 1.165) is 13.0 Å². The van der Waals surface area contributed by atoms with Gasteiger partial charge >= 0.3 is 12.0 Å². The van der Waals surface area contributed by atoms with Crippen molar-refractivity contribution in [2.24, 2.45) is 5.73 Å². The van der Waals surface area contributed by atoms with Gasteiger partial charge in [0.05, 0.1) is 20.8 Å². The van der Waals surface area contributed by atoms with Gasteiger partial charge in [0.2, 0.25) is 5.95 Å². The van der Waals surface area contributed by atoms with Gasteiger partial charge in [0.15, 0.2) is 0 Å². The summed E-state index contributed by atoms with van der Waals surface area (Å²) in [6.07, 6.45) is 0.833. The van der Waals surface area contributed by atoms with Crippen molar-refractivity contribution in [3.8, 4) is 12.0 Å². The van der Waals surface area contributed by atoms with Crippen molar-refractivity contribution < 1.29 is 14.2 Å². The van der Waals surface area contributed by atoms with Crippen LogP contribution < -0.4 is 20.1 Å². The first-order valence-corrected chi connectivity index (χ1v) is 6.03. The molecule has 1 aromatic rings. The maximum absolute atomic E-state index is 5.54. The number of nitrogens with zero attached hydrogens (tertiary/aromatic N) is 4. The molecule has 1 heterocycles. The number of ether oxygens (including phenoxy) is 3. The van der Waals surface area contributed by atoms with E-state index in [4.69, 9.17) is 19.9 Å². The van der Waals surface area contributed by atoms with Crippen LogP contribution in [0.4, 0.5) is 5.95 Å². The van der Waals surface area contributed by atoms with Crippen LogP contribution in [0.5, 0.6) is 12.0 Å². The van der Waals surface area contributed by atoms with Crippen LogP contribution in [-0.4, -0.2) is 62.5 Å². The number of aromatic nitrogens is 3. The topological polar surface area (TPSA) is 95.6 Å². The summed E-state index contributed by atoms with van der Waals surface area (Å²) in [5.41, 5.74) is 5.54. The van der Waals surface area contributed by atoms with Crippen molar-refractivity contribution in [2.45, 2.75) is 6.42 Å². The first-order valence-electron chi connectivity index (χ1n) is 6.03. The van der Waals surface area contributed by atoms with Crippen molar-refractivity contribution in [3.63, 3.8) is 0 Å². The molecule has 0 saturated heterocycles. The van der Waals surface area contributed by atoms with Gasteiger partial charge in [-0.05, 0) is 13.0 Å². The van der Waals surface area contributed by atoms with E-state index in [9.17, 15) is 0 Å². The van der Waals surface area contributed by atoms with Crippen LogP contribution in [0.3, 0.4) is 0 Å². The molecule has 2 N–H and O–H groups in total. The monoisotopic (exact) mass is 271 g/mol. The smallest absolute Gasteiger partial charge is 0.324 e. The number of nitrogens with two attached hydrogens (primary N) is 1. The first-order chi connectivity index (χ1) is 9.24. The van der Waals surface area contributed by atoms with Gasteiger partial charge in [0.25, 0.3) is 0 Å². The molecule has 0 unspecified atom stereocenters. The zero-order valence-electron chi connectivity index (χ0n) is 11.6. The molecule has 0 saturated carbocycles. The molecule has 8 nitrogen and oxygen atoms in total. The van der Waals surface area contributed by atoms with Crippen molar-refractivity contribution in [3.05, 3.63) is 0 Å². The SMILES string of the molecule is COCCN(CCCN)c1nc(OC)nc(OC)n1. The summed E-state index contributed by atoms with van der Waals surface area (Å²) in [5.74, 6) is 0.495. The van der Waals surface area contributed by atoms with E-state index in [1.807, 2.05) is 4.90 Å². The van der Waals surface area contributed by atoms with E-state index < -0.39 is 0 Å². The van der Waals surface area contributed by atoms with E-state index in [0.29, 0.717) is 25.6 Å². The van der Waals surface area contributed by atoms with Gasteiger partial charge in [0.1, 0.15) is 0 Å². The second-order valence-electron chi connectivity index (χ2n) is 3.73. The largest absolute Gasteiger partial charge is 0.467 e. The Labute approximate surface area is 112 Å². The van der Waals surface area contributed by atoms with Crippen LogP contribution in [0, 0.1) is 0 Å². The first kappa shape index (κ1) is 15.4. The highest BCUT2D eigenvalue weighted by molar-refractivity contribution is 5.32. The fourth-order valence-corrected chi connectivity index (χ4v) is 1.45. The van der Waals surface area contributed by atoms with Crippen LogP contribution in [-0.2, 0) is 4.74 Å². The molecule has 0 aliphatic heterocycles. The number of methoxy groups -OCH3 is 3. The predicted molar refractivity (Wildman–Crippen MR) is 70.7 cm³/mol. The van der Waals surface area contributed by atoms with Gasteiger partial charge in [-0.2, -0.15) is 9.97 Å². The van der Waals surface area contributed by atoms with Gasteiger partial charge in [-0.15, -0.1) is 4.98 Å². The molecule has 0 fully saturated rings. The van der Waals surface area contributed by atoms with Gasteiger partial charge in [-0.1, -0.05) is 0 Å². The minimum Gasteiger partial charge on any atom is -0.467 e. The predicted octanol–water partition coefficient (Wildman–Crippen LogP) is -0.310. The van der Waals surface area contributed by atoms with Crippen molar-refractivity contribution in [2.75, 3.05) is 52.5 Å². The Morgan fingerprint density at radius 1 is 1.00 bits per heavy atom. The fourth-order valence-electron chi connectivity index (χ4n) is 1.45. The molecule has 8 heteroatoms. The molecule has 0 bridgehead atoms. The van der Waals surface area contributed by atoms with Gasteiger partial charge < -0.3 is 24.8 Å². The summed E-state index contributed by atoms with van der Waals surface area (Å²) in [4.78, 5) is 14.3. The third-order valence-electron chi connectivity index (χ3n) is 2.43. The number of rotatable bonds is 9. The minimum atomic E-state index is 0.219. The number of anilines is 1. The van der Waals surface area contributed by atoms with Gasteiger partial charge in [-0.3, -0.25) is 0 Å². The van der Waals surface area contributed by atoms with Crippen LogP contribution in [0.15, 0.2) is 0 Å². The fraction of sp³-hybridized carbons (Fsp3) is 0.727. The highest BCUT2D eigenvalue weighted by atomic mass is 16.5. The molecule has 0 aliphatic carbocycles. The Hall–Kier alpha value is -1.67. The van der Waals surface area contributed by atoms with Crippen LogP contribution >= 0.6 is 0 Å². The van der Waals surface area contributed by atoms with Crippen LogP contribution in [0.1, 0.15) is 6.42 Å². The molecule has 0 atom stereocenters. The Balaban J connectivity index is 2.91. The average molecular weight is 271 g/mol. The summed E-state index contributed by atoms with van der Waals surface area (Å²) in [7, 11) is 4.64. The molecule has 0 aliphatic rings. The molecular weight excluding hydrogens is 250 g/mol. The highest BCUT2D eigenvalue weighted by Gasteiger charge is 2.14. The maximum Gasteiger partial charge on any atom is 0.324 e. The highest BCUT2D eigenvalue weighted by Crippen LogP contribution is 2.16. The molecule has 0 aromatic carbocycles. The average Bonchev–Trinajstić information content (AvgIpc) is 2.46. The van der Waals surface area contributed by atoms with Gasteiger partial charge in [-0.25, -0.2) is 0 Å². The molecular formula is C11H21N5O3. The normalized spacial score (nSPS) is 10.3. The third-order valence-corrected chi connectivity index (χ3v) is 2.43. The molecule has 19 heavy (non-hydrogen) atoms. The van der Waals surface area contributed by atoms with E-state index in [-0.39, 0.29) is 12.0 Å². The Bertz CT molecular complexity index is 347. The second kappa shape index (κ2) is 8.44. The summed E-state index contributed by atoms with van der Waals surface area (Å²) < 4.78 is 15.1. The molecule has 0 radical (unpaired) electrons. The zero-order valence-corrected chi connectivity index (χ0v) is 11.6. The second-order valence-corrected chi connectivity index (χ2v) is 3.73. The lowest BCUT2D eigenvalue weighted by molar-refractivity contribution is 0.204. The van der Waals surface area contributed by atoms with Crippen LogP contribution in [0.2, 0.25) is 0 Å². The van der Waals surface area contributed by atoms with Crippen molar-refractivity contribution >= 4 is 5.95 Å². The van der Waals surface area contributed by atoms with Crippen LogP contribution in [0.25, 0.3) is 0 Å². The maximum atomic E-state index is 5.54. The Kier molecular flexibility index (Phi) is 6.83. The lowest BCUT2D eigenvalue weighted by atomic mass is 10.4. The summed E-state index contributed by atoms with van der Waals surface area (Å²) in [6.45, 7) is 2.56. The summed E-state index contributed by atoms with van der Waals surface area (Å²) in [6, 6.07) is 0.439. The van der Waals surface area contributed by atoms with E-state index in [1.165, 1.54) is 14.2 Å². The molecule has 1 aromatic heterocycles. The van der Waals surface area contributed by atoms with Crippen molar-refractivity contribution in [1.29, 1.82) is 0 Å². The van der Waals surface area contributed by atoms with E-state index in [2.05, 4.69) is 15.0 Å². The molecule has 1 rings (SSSR count). The lowest BCUT2D eigenvalue weighted by Crippen LogP contribution is -2.31. The van der Waals surface area contributed by atoms with E-state index >= 15 is 0 Å². The quantitative estimate of drug-likeness (QED) is 0.653. The van der Waals surface area contributed by atoms with Gasteiger partial charge in [0, 0.05) is 20.2 Å². The molecule has 108 valence electrons.